The predicted octanol–water partition coefficient (Wildman–Crippen LogP) is 2.60. The van der Waals surface area contributed by atoms with Crippen molar-refractivity contribution >= 4 is 5.91 Å². The fraction of sp³-hybridized carbons (Fsp3) is 0.714. The molecule has 122 valence electrons. The molecule has 22 heavy (non-hydrogen) atoms. The highest BCUT2D eigenvalue weighted by molar-refractivity contribution is 5.92. The third-order valence-electron chi connectivity index (χ3n) is 4.47. The standard InChI is InChI=1S/C14H18F3N3O2/c15-14(16,17)11-9-10(18-19-11)12(21)20-6-1-3-13(5-7-20)4-2-8-22-13/h9H,1-8H2,(H,18,19). The van der Waals surface area contributed by atoms with E-state index in [0.717, 1.165) is 44.8 Å². The lowest BCUT2D eigenvalue weighted by Crippen LogP contribution is -2.34. The zero-order valence-corrected chi connectivity index (χ0v) is 12.1. The van der Waals surface area contributed by atoms with E-state index in [1.54, 1.807) is 4.90 Å². The van der Waals surface area contributed by atoms with Gasteiger partial charge in [0.15, 0.2) is 5.69 Å². The van der Waals surface area contributed by atoms with E-state index < -0.39 is 17.8 Å². The van der Waals surface area contributed by atoms with Crippen LogP contribution in [-0.4, -0.2) is 46.3 Å². The molecule has 2 saturated heterocycles. The summed E-state index contributed by atoms with van der Waals surface area (Å²) in [5.74, 6) is -0.457. The Morgan fingerprint density at radius 3 is 2.68 bits per heavy atom. The van der Waals surface area contributed by atoms with E-state index in [1.807, 2.05) is 5.10 Å². The quantitative estimate of drug-likeness (QED) is 0.866. The fourth-order valence-electron chi connectivity index (χ4n) is 3.26. The van der Waals surface area contributed by atoms with E-state index in [1.165, 1.54) is 0 Å². The second kappa shape index (κ2) is 5.57. The molecule has 0 bridgehead atoms. The zero-order valence-electron chi connectivity index (χ0n) is 12.1. The Morgan fingerprint density at radius 2 is 2.05 bits per heavy atom. The van der Waals surface area contributed by atoms with Crippen molar-refractivity contribution in [2.45, 2.75) is 43.9 Å². The number of hydrogen-bond donors (Lipinski definition) is 1. The molecule has 1 amide bonds. The van der Waals surface area contributed by atoms with Gasteiger partial charge in [0.2, 0.25) is 0 Å². The molecule has 0 radical (unpaired) electrons. The smallest absolute Gasteiger partial charge is 0.375 e. The summed E-state index contributed by atoms with van der Waals surface area (Å²) >= 11 is 0. The molecule has 0 aliphatic carbocycles. The van der Waals surface area contributed by atoms with Crippen LogP contribution in [-0.2, 0) is 10.9 Å². The first-order chi connectivity index (χ1) is 10.4. The predicted molar refractivity (Wildman–Crippen MR) is 71.3 cm³/mol. The van der Waals surface area contributed by atoms with Crippen LogP contribution in [0.15, 0.2) is 6.07 Å². The number of aromatic nitrogens is 2. The number of likely N-dealkylation sites (tertiary alicyclic amines) is 1. The SMILES string of the molecule is O=C(c1cc(C(F)(F)F)[nH]n1)N1CCCC2(CCCO2)CC1. The van der Waals surface area contributed by atoms with Crippen molar-refractivity contribution in [2.75, 3.05) is 19.7 Å². The number of halogens is 3. The van der Waals surface area contributed by atoms with Crippen molar-refractivity contribution in [3.05, 3.63) is 17.5 Å². The maximum atomic E-state index is 12.6. The molecule has 3 heterocycles. The molecular weight excluding hydrogens is 299 g/mol. The van der Waals surface area contributed by atoms with Crippen LogP contribution in [0.1, 0.15) is 48.3 Å². The van der Waals surface area contributed by atoms with Crippen LogP contribution in [0.5, 0.6) is 0 Å². The summed E-state index contributed by atoms with van der Waals surface area (Å²) in [6.07, 6.45) is -0.0767. The molecule has 3 rings (SSSR count). The Kier molecular flexibility index (Phi) is 3.88. The van der Waals surface area contributed by atoms with Crippen LogP contribution in [0, 0.1) is 0 Å². The molecule has 1 aromatic heterocycles. The third kappa shape index (κ3) is 2.97. The number of nitrogens with zero attached hydrogens (tertiary/aromatic N) is 2. The lowest BCUT2D eigenvalue weighted by molar-refractivity contribution is -0.141. The molecule has 2 aliphatic heterocycles. The average Bonchev–Trinajstić information content (AvgIpc) is 3.06. The van der Waals surface area contributed by atoms with Gasteiger partial charge >= 0.3 is 6.18 Å². The molecule has 1 N–H and O–H groups in total. The summed E-state index contributed by atoms with van der Waals surface area (Å²) in [5.41, 5.74) is -1.32. The summed E-state index contributed by atoms with van der Waals surface area (Å²) < 4.78 is 43.5. The molecule has 1 aromatic rings. The largest absolute Gasteiger partial charge is 0.432 e. The first-order valence-electron chi connectivity index (χ1n) is 7.46. The molecule has 0 saturated carbocycles. The summed E-state index contributed by atoms with van der Waals surface area (Å²) in [7, 11) is 0. The normalized spacial score (nSPS) is 26.4. The maximum absolute atomic E-state index is 12.6. The highest BCUT2D eigenvalue weighted by Gasteiger charge is 2.38. The first kappa shape index (κ1) is 15.3. The van der Waals surface area contributed by atoms with Crippen LogP contribution in [0.4, 0.5) is 13.2 Å². The molecule has 0 aromatic carbocycles. The Morgan fingerprint density at radius 1 is 1.27 bits per heavy atom. The number of amides is 1. The van der Waals surface area contributed by atoms with E-state index in [2.05, 4.69) is 5.10 Å². The Labute approximate surface area is 125 Å². The minimum Gasteiger partial charge on any atom is -0.375 e. The number of ether oxygens (including phenoxy) is 1. The summed E-state index contributed by atoms with van der Waals surface area (Å²) in [5, 5.41) is 5.39. The number of rotatable bonds is 1. The van der Waals surface area contributed by atoms with Crippen LogP contribution in [0.2, 0.25) is 0 Å². The van der Waals surface area contributed by atoms with Crippen molar-refractivity contribution in [2.24, 2.45) is 0 Å². The lowest BCUT2D eigenvalue weighted by Gasteiger charge is -2.26. The van der Waals surface area contributed by atoms with Crippen molar-refractivity contribution < 1.29 is 22.7 Å². The molecule has 1 atom stereocenters. The van der Waals surface area contributed by atoms with Gasteiger partial charge in [-0.05, 0) is 32.1 Å². The van der Waals surface area contributed by atoms with Gasteiger partial charge in [-0.2, -0.15) is 18.3 Å². The average molecular weight is 317 g/mol. The lowest BCUT2D eigenvalue weighted by atomic mass is 9.92. The minimum absolute atomic E-state index is 0.141. The van der Waals surface area contributed by atoms with Crippen LogP contribution in [0.3, 0.4) is 0 Å². The molecule has 2 fully saturated rings. The van der Waals surface area contributed by atoms with Crippen molar-refractivity contribution in [1.82, 2.24) is 15.1 Å². The van der Waals surface area contributed by atoms with Gasteiger partial charge in [-0.1, -0.05) is 0 Å². The van der Waals surface area contributed by atoms with Crippen molar-refractivity contribution in [3.8, 4) is 0 Å². The van der Waals surface area contributed by atoms with Gasteiger partial charge < -0.3 is 9.64 Å². The van der Waals surface area contributed by atoms with E-state index in [9.17, 15) is 18.0 Å². The number of alkyl halides is 3. The van der Waals surface area contributed by atoms with Gasteiger partial charge in [0.1, 0.15) is 5.69 Å². The fourth-order valence-corrected chi connectivity index (χ4v) is 3.26. The summed E-state index contributed by atoms with van der Waals surface area (Å²) in [6, 6.07) is 0.773. The molecule has 1 unspecified atom stereocenters. The number of carbonyl (C=O) groups is 1. The second-order valence-corrected chi connectivity index (χ2v) is 5.95. The third-order valence-corrected chi connectivity index (χ3v) is 4.47. The molecule has 8 heteroatoms. The van der Waals surface area contributed by atoms with Gasteiger partial charge in [-0.15, -0.1) is 0 Å². The number of hydrogen-bond acceptors (Lipinski definition) is 3. The Hall–Kier alpha value is -1.57. The summed E-state index contributed by atoms with van der Waals surface area (Å²) in [6.45, 7) is 1.77. The monoisotopic (exact) mass is 317 g/mol. The van der Waals surface area contributed by atoms with E-state index >= 15 is 0 Å². The van der Waals surface area contributed by atoms with Crippen LogP contribution < -0.4 is 0 Å². The van der Waals surface area contributed by atoms with Gasteiger partial charge in [0, 0.05) is 25.8 Å². The number of aromatic amines is 1. The van der Waals surface area contributed by atoms with Gasteiger partial charge in [-0.25, -0.2) is 0 Å². The number of H-pyrrole nitrogens is 1. The first-order valence-corrected chi connectivity index (χ1v) is 7.46. The molecular formula is C14H18F3N3O2. The highest BCUT2D eigenvalue weighted by atomic mass is 19.4. The zero-order chi connectivity index (χ0) is 15.8. The Bertz CT molecular complexity index is 550. The molecule has 1 spiro atoms. The topological polar surface area (TPSA) is 58.2 Å². The van der Waals surface area contributed by atoms with Gasteiger partial charge in [-0.3, -0.25) is 9.89 Å². The maximum Gasteiger partial charge on any atom is 0.432 e. The second-order valence-electron chi connectivity index (χ2n) is 5.95. The van der Waals surface area contributed by atoms with Crippen LogP contribution in [0.25, 0.3) is 0 Å². The number of nitrogens with one attached hydrogen (secondary N) is 1. The Balaban J connectivity index is 1.68. The van der Waals surface area contributed by atoms with E-state index in [0.29, 0.717) is 13.1 Å². The molecule has 5 nitrogen and oxygen atoms in total. The van der Waals surface area contributed by atoms with Gasteiger partial charge in [0.25, 0.3) is 5.91 Å². The molecule has 2 aliphatic rings. The van der Waals surface area contributed by atoms with Gasteiger partial charge in [0.05, 0.1) is 5.60 Å². The van der Waals surface area contributed by atoms with E-state index in [-0.39, 0.29) is 11.3 Å². The highest BCUT2D eigenvalue weighted by Crippen LogP contribution is 2.36. The van der Waals surface area contributed by atoms with Crippen molar-refractivity contribution in [1.29, 1.82) is 0 Å². The minimum atomic E-state index is -4.52. The van der Waals surface area contributed by atoms with Crippen LogP contribution >= 0.6 is 0 Å². The number of carbonyl (C=O) groups excluding carboxylic acids is 1. The summed E-state index contributed by atoms with van der Waals surface area (Å²) in [4.78, 5) is 13.9. The van der Waals surface area contributed by atoms with Crippen molar-refractivity contribution in [3.63, 3.8) is 0 Å². The van der Waals surface area contributed by atoms with E-state index in [4.69, 9.17) is 4.74 Å².